The number of carbonyl (C=O) groups excluding carboxylic acids is 1. The highest BCUT2D eigenvalue weighted by atomic mass is 35.5. The largest absolute Gasteiger partial charge is 0.416 e. The second-order valence-corrected chi connectivity index (χ2v) is 6.82. The van der Waals surface area contributed by atoms with Gasteiger partial charge in [0.2, 0.25) is 5.91 Å². The van der Waals surface area contributed by atoms with Gasteiger partial charge < -0.3 is 5.32 Å². The molecule has 0 fully saturated rings. The number of likely N-dealkylation sites (N-methyl/N-ethyl adjacent to an activating group) is 1. The Balaban J connectivity index is 1.68. The van der Waals surface area contributed by atoms with Crippen LogP contribution in [0.2, 0.25) is 5.02 Å². The van der Waals surface area contributed by atoms with Crippen LogP contribution in [0.4, 0.5) is 18.9 Å². The summed E-state index contributed by atoms with van der Waals surface area (Å²) in [7, 11) is 1.83. The molecule has 1 aliphatic rings. The fourth-order valence-corrected chi connectivity index (χ4v) is 3.48. The number of aryl methyl sites for hydroxylation is 1. The van der Waals surface area contributed by atoms with Crippen molar-refractivity contribution in [3.63, 3.8) is 0 Å². The third-order valence-electron chi connectivity index (χ3n) is 4.59. The van der Waals surface area contributed by atoms with Crippen molar-refractivity contribution in [2.24, 2.45) is 0 Å². The van der Waals surface area contributed by atoms with Gasteiger partial charge in [-0.25, -0.2) is 0 Å². The molecular weight excluding hydrogens is 365 g/mol. The van der Waals surface area contributed by atoms with Crippen molar-refractivity contribution in [3.05, 3.63) is 64.2 Å². The zero-order valence-electron chi connectivity index (χ0n) is 14.1. The average molecular weight is 383 g/mol. The molecule has 1 aliphatic carbocycles. The Labute approximate surface area is 154 Å². The summed E-state index contributed by atoms with van der Waals surface area (Å²) in [6.45, 7) is 0.0611. The van der Waals surface area contributed by atoms with E-state index in [1.165, 1.54) is 11.1 Å². The van der Waals surface area contributed by atoms with Crippen LogP contribution in [0.1, 0.15) is 29.2 Å². The van der Waals surface area contributed by atoms with Crippen molar-refractivity contribution in [2.75, 3.05) is 18.9 Å². The second-order valence-electron chi connectivity index (χ2n) is 6.41. The van der Waals surface area contributed by atoms with Crippen LogP contribution in [0.15, 0.2) is 42.5 Å². The molecule has 2 aromatic rings. The molecule has 0 saturated carbocycles. The topological polar surface area (TPSA) is 32.3 Å². The predicted octanol–water partition coefficient (Wildman–Crippen LogP) is 4.92. The van der Waals surface area contributed by atoms with Crippen LogP contribution in [0.3, 0.4) is 0 Å². The van der Waals surface area contributed by atoms with Crippen molar-refractivity contribution in [1.82, 2.24) is 4.90 Å². The SMILES string of the molecule is CN(CC(=O)Nc1cc(C(F)(F)F)ccc1Cl)[C@@H]1CCc2ccccc21. The highest BCUT2D eigenvalue weighted by molar-refractivity contribution is 6.33. The summed E-state index contributed by atoms with van der Waals surface area (Å²) in [5.74, 6) is -0.405. The number of nitrogens with zero attached hydrogens (tertiary/aromatic N) is 1. The first-order valence-corrected chi connectivity index (χ1v) is 8.58. The molecule has 1 atom stereocenters. The van der Waals surface area contributed by atoms with Gasteiger partial charge in [-0.05, 0) is 49.2 Å². The second kappa shape index (κ2) is 7.29. The maximum atomic E-state index is 12.8. The van der Waals surface area contributed by atoms with E-state index in [4.69, 9.17) is 11.6 Å². The van der Waals surface area contributed by atoms with E-state index in [2.05, 4.69) is 11.4 Å². The van der Waals surface area contributed by atoms with Crippen LogP contribution in [0.5, 0.6) is 0 Å². The van der Waals surface area contributed by atoms with Gasteiger partial charge in [0, 0.05) is 6.04 Å². The molecule has 0 aromatic heterocycles. The van der Waals surface area contributed by atoms with Crippen LogP contribution in [-0.4, -0.2) is 24.4 Å². The number of fused-ring (bicyclic) bond motifs is 1. The molecule has 0 bridgehead atoms. The summed E-state index contributed by atoms with van der Waals surface area (Å²) in [6, 6.07) is 11.1. The Hall–Kier alpha value is -2.05. The lowest BCUT2D eigenvalue weighted by Gasteiger charge is -2.24. The van der Waals surface area contributed by atoms with Gasteiger partial charge in [-0.15, -0.1) is 0 Å². The number of nitrogens with one attached hydrogen (secondary N) is 1. The van der Waals surface area contributed by atoms with E-state index in [0.717, 1.165) is 31.0 Å². The molecule has 0 unspecified atom stereocenters. The zero-order valence-corrected chi connectivity index (χ0v) is 14.9. The fourth-order valence-electron chi connectivity index (χ4n) is 3.32. The first-order valence-electron chi connectivity index (χ1n) is 8.20. The van der Waals surface area contributed by atoms with E-state index in [9.17, 15) is 18.0 Å². The van der Waals surface area contributed by atoms with Crippen LogP contribution >= 0.6 is 11.6 Å². The highest BCUT2D eigenvalue weighted by Gasteiger charge is 2.31. The van der Waals surface area contributed by atoms with Crippen LogP contribution in [0, 0.1) is 0 Å². The van der Waals surface area contributed by atoms with Crippen LogP contribution in [-0.2, 0) is 17.4 Å². The first-order chi connectivity index (χ1) is 12.3. The van der Waals surface area contributed by atoms with Crippen LogP contribution in [0.25, 0.3) is 0 Å². The summed E-state index contributed by atoms with van der Waals surface area (Å²) in [5, 5.41) is 2.56. The summed E-state index contributed by atoms with van der Waals surface area (Å²) < 4.78 is 38.5. The van der Waals surface area contributed by atoms with Gasteiger partial charge in [-0.2, -0.15) is 13.2 Å². The molecule has 138 valence electrons. The van der Waals surface area contributed by atoms with E-state index in [1.54, 1.807) is 0 Å². The minimum atomic E-state index is -4.49. The number of anilines is 1. The third-order valence-corrected chi connectivity index (χ3v) is 4.92. The molecule has 3 rings (SSSR count). The Morgan fingerprint density at radius 3 is 2.73 bits per heavy atom. The van der Waals surface area contributed by atoms with Gasteiger partial charge in [0.1, 0.15) is 0 Å². The van der Waals surface area contributed by atoms with E-state index < -0.39 is 17.6 Å². The van der Waals surface area contributed by atoms with Crippen molar-refractivity contribution < 1.29 is 18.0 Å². The van der Waals surface area contributed by atoms with Gasteiger partial charge in [-0.3, -0.25) is 9.69 Å². The van der Waals surface area contributed by atoms with E-state index in [0.29, 0.717) is 0 Å². The van der Waals surface area contributed by atoms with E-state index in [-0.39, 0.29) is 23.3 Å². The number of amides is 1. The molecule has 1 amide bonds. The van der Waals surface area contributed by atoms with Crippen molar-refractivity contribution in [3.8, 4) is 0 Å². The Morgan fingerprint density at radius 1 is 1.27 bits per heavy atom. The summed E-state index contributed by atoms with van der Waals surface area (Å²) in [5.41, 5.74) is 1.58. The molecule has 2 aromatic carbocycles. The van der Waals surface area contributed by atoms with Gasteiger partial charge in [-0.1, -0.05) is 35.9 Å². The molecule has 0 radical (unpaired) electrons. The standard InChI is InChI=1S/C19H18ClF3N2O/c1-25(17-9-6-12-4-2-3-5-14(12)17)11-18(26)24-16-10-13(19(21,22)23)7-8-15(16)20/h2-5,7-8,10,17H,6,9,11H2,1H3,(H,24,26)/t17-/m1/s1. The van der Waals surface area contributed by atoms with Gasteiger partial charge in [0.25, 0.3) is 0 Å². The summed E-state index contributed by atoms with van der Waals surface area (Å²) in [6.07, 6.45) is -2.63. The number of rotatable bonds is 4. The molecule has 1 N–H and O–H groups in total. The van der Waals surface area contributed by atoms with Gasteiger partial charge >= 0.3 is 6.18 Å². The number of halogens is 4. The molecule has 0 saturated heterocycles. The normalized spacial score (nSPS) is 16.6. The minimum Gasteiger partial charge on any atom is -0.324 e. The molecule has 0 heterocycles. The monoisotopic (exact) mass is 382 g/mol. The number of hydrogen-bond donors (Lipinski definition) is 1. The molecular formula is C19H18ClF3N2O. The summed E-state index contributed by atoms with van der Waals surface area (Å²) >= 11 is 5.93. The Bertz CT molecular complexity index is 823. The maximum absolute atomic E-state index is 12.8. The van der Waals surface area contributed by atoms with Crippen molar-refractivity contribution >= 4 is 23.2 Å². The number of hydrogen-bond acceptors (Lipinski definition) is 2. The van der Waals surface area contributed by atoms with Crippen molar-refractivity contribution in [1.29, 1.82) is 0 Å². The zero-order chi connectivity index (χ0) is 18.9. The van der Waals surface area contributed by atoms with Gasteiger partial charge in [0.15, 0.2) is 0 Å². The minimum absolute atomic E-state index is 0.0355. The Morgan fingerprint density at radius 2 is 2.00 bits per heavy atom. The Kier molecular flexibility index (Phi) is 5.25. The number of benzene rings is 2. The van der Waals surface area contributed by atoms with Crippen LogP contribution < -0.4 is 5.32 Å². The number of alkyl halides is 3. The van der Waals surface area contributed by atoms with Gasteiger partial charge in [0.05, 0.1) is 22.8 Å². The molecule has 7 heteroatoms. The predicted molar refractivity (Wildman–Crippen MR) is 95.2 cm³/mol. The molecule has 3 nitrogen and oxygen atoms in total. The smallest absolute Gasteiger partial charge is 0.324 e. The van der Waals surface area contributed by atoms with Crippen molar-refractivity contribution in [2.45, 2.75) is 25.1 Å². The lowest BCUT2D eigenvalue weighted by molar-refractivity contribution is -0.137. The third kappa shape index (κ3) is 4.02. The molecule has 26 heavy (non-hydrogen) atoms. The molecule has 0 aliphatic heterocycles. The maximum Gasteiger partial charge on any atom is 0.416 e. The quantitative estimate of drug-likeness (QED) is 0.814. The average Bonchev–Trinajstić information content (AvgIpc) is 3.00. The first kappa shape index (κ1) is 18.7. The summed E-state index contributed by atoms with van der Waals surface area (Å²) in [4.78, 5) is 14.2. The lowest BCUT2D eigenvalue weighted by Crippen LogP contribution is -2.32. The fraction of sp³-hybridized carbons (Fsp3) is 0.316. The van der Waals surface area contributed by atoms with E-state index >= 15 is 0 Å². The number of carbonyl (C=O) groups is 1. The molecule has 0 spiro atoms. The van der Waals surface area contributed by atoms with E-state index in [1.807, 2.05) is 30.1 Å². The lowest BCUT2D eigenvalue weighted by atomic mass is 10.1. The highest BCUT2D eigenvalue weighted by Crippen LogP contribution is 2.35.